The van der Waals surface area contributed by atoms with Gasteiger partial charge in [0, 0.05) is 12.1 Å². The van der Waals surface area contributed by atoms with Gasteiger partial charge >= 0.3 is 0 Å². The summed E-state index contributed by atoms with van der Waals surface area (Å²) in [5.74, 6) is 1.44. The molecule has 0 amide bonds. The number of fused-ring (bicyclic) bond motifs is 1. The number of H-pyrrole nitrogens is 1. The molecule has 1 fully saturated rings. The first-order valence-electron chi connectivity index (χ1n) is 4.35. The van der Waals surface area contributed by atoms with Crippen LogP contribution in [0.2, 0.25) is 5.15 Å². The van der Waals surface area contributed by atoms with Crippen LogP contribution in [0.3, 0.4) is 0 Å². The van der Waals surface area contributed by atoms with Crippen LogP contribution >= 0.6 is 11.6 Å². The van der Waals surface area contributed by atoms with Gasteiger partial charge < -0.3 is 4.98 Å². The Bertz CT molecular complexity index is 459. The Balaban J connectivity index is 2.27. The lowest BCUT2D eigenvalue weighted by Crippen LogP contribution is -1.93. The summed E-state index contributed by atoms with van der Waals surface area (Å²) in [5, 5.41) is 1.47. The standard InChI is InChI=1S/C9H8ClN3/c10-7-6-3-4-11-9(6)13-8(12-7)5-1-2-5/h3-5H,1-2H2,(H,11,12,13). The Morgan fingerprint density at radius 1 is 1.38 bits per heavy atom. The first-order chi connectivity index (χ1) is 6.34. The third-order valence-electron chi connectivity index (χ3n) is 2.33. The second kappa shape index (κ2) is 2.45. The van der Waals surface area contributed by atoms with Crippen LogP contribution in [0.1, 0.15) is 24.6 Å². The SMILES string of the molecule is Clc1nc(C2CC2)nc2[nH]ccc12. The van der Waals surface area contributed by atoms with Crippen molar-refractivity contribution in [3.05, 3.63) is 23.2 Å². The zero-order chi connectivity index (χ0) is 8.84. The van der Waals surface area contributed by atoms with E-state index in [0.717, 1.165) is 16.9 Å². The van der Waals surface area contributed by atoms with Gasteiger partial charge in [-0.05, 0) is 18.9 Å². The predicted octanol–water partition coefficient (Wildman–Crippen LogP) is 2.49. The van der Waals surface area contributed by atoms with E-state index in [0.29, 0.717) is 11.1 Å². The fourth-order valence-electron chi connectivity index (χ4n) is 1.44. The molecular weight excluding hydrogens is 186 g/mol. The second-order valence-electron chi connectivity index (χ2n) is 3.39. The van der Waals surface area contributed by atoms with Crippen molar-refractivity contribution in [3.8, 4) is 0 Å². The highest BCUT2D eigenvalue weighted by Gasteiger charge is 2.27. The van der Waals surface area contributed by atoms with E-state index in [1.807, 2.05) is 12.3 Å². The normalized spacial score (nSPS) is 16.7. The van der Waals surface area contributed by atoms with Gasteiger partial charge in [0.15, 0.2) is 0 Å². The minimum Gasteiger partial charge on any atom is -0.346 e. The van der Waals surface area contributed by atoms with E-state index < -0.39 is 0 Å². The van der Waals surface area contributed by atoms with E-state index in [4.69, 9.17) is 11.6 Å². The molecule has 0 bridgehead atoms. The first kappa shape index (κ1) is 7.33. The Morgan fingerprint density at radius 3 is 3.00 bits per heavy atom. The number of hydrogen-bond acceptors (Lipinski definition) is 2. The smallest absolute Gasteiger partial charge is 0.142 e. The van der Waals surface area contributed by atoms with Gasteiger partial charge in [0.1, 0.15) is 16.6 Å². The number of rotatable bonds is 1. The zero-order valence-corrected chi connectivity index (χ0v) is 7.67. The number of nitrogens with one attached hydrogen (secondary N) is 1. The monoisotopic (exact) mass is 193 g/mol. The van der Waals surface area contributed by atoms with Crippen LogP contribution in [0.4, 0.5) is 0 Å². The van der Waals surface area contributed by atoms with Crippen LogP contribution in [-0.4, -0.2) is 15.0 Å². The van der Waals surface area contributed by atoms with Crippen LogP contribution < -0.4 is 0 Å². The molecule has 0 atom stereocenters. The van der Waals surface area contributed by atoms with Crippen LogP contribution in [0.5, 0.6) is 0 Å². The molecule has 1 aliphatic carbocycles. The average Bonchev–Trinajstić information content (AvgIpc) is 2.85. The molecule has 2 aromatic rings. The molecule has 13 heavy (non-hydrogen) atoms. The average molecular weight is 194 g/mol. The van der Waals surface area contributed by atoms with Gasteiger partial charge in [0.25, 0.3) is 0 Å². The summed E-state index contributed by atoms with van der Waals surface area (Å²) in [4.78, 5) is 11.7. The Kier molecular flexibility index (Phi) is 1.38. The van der Waals surface area contributed by atoms with Gasteiger partial charge in [-0.2, -0.15) is 0 Å². The topological polar surface area (TPSA) is 41.6 Å². The molecule has 1 N–H and O–H groups in total. The van der Waals surface area contributed by atoms with Crippen LogP contribution in [0, 0.1) is 0 Å². The molecule has 0 saturated heterocycles. The number of aromatic amines is 1. The van der Waals surface area contributed by atoms with Crippen LogP contribution in [0.25, 0.3) is 11.0 Å². The highest BCUT2D eigenvalue weighted by atomic mass is 35.5. The van der Waals surface area contributed by atoms with Crippen molar-refractivity contribution in [1.29, 1.82) is 0 Å². The van der Waals surface area contributed by atoms with Crippen molar-refractivity contribution in [3.63, 3.8) is 0 Å². The summed E-state index contributed by atoms with van der Waals surface area (Å²) in [6, 6.07) is 1.90. The lowest BCUT2D eigenvalue weighted by atomic mass is 10.3. The van der Waals surface area contributed by atoms with E-state index in [2.05, 4.69) is 15.0 Å². The fourth-order valence-corrected chi connectivity index (χ4v) is 1.68. The molecule has 1 saturated carbocycles. The van der Waals surface area contributed by atoms with E-state index in [1.165, 1.54) is 12.8 Å². The maximum atomic E-state index is 6.00. The lowest BCUT2D eigenvalue weighted by molar-refractivity contribution is 0.943. The minimum atomic E-state index is 0.546. The molecule has 1 aliphatic rings. The van der Waals surface area contributed by atoms with E-state index in [-0.39, 0.29) is 0 Å². The van der Waals surface area contributed by atoms with Gasteiger partial charge in [0.05, 0.1) is 5.39 Å². The van der Waals surface area contributed by atoms with Gasteiger partial charge in [0.2, 0.25) is 0 Å². The van der Waals surface area contributed by atoms with E-state index >= 15 is 0 Å². The van der Waals surface area contributed by atoms with Crippen molar-refractivity contribution < 1.29 is 0 Å². The number of aromatic nitrogens is 3. The molecule has 3 rings (SSSR count). The number of nitrogens with zero attached hydrogens (tertiary/aromatic N) is 2. The molecule has 2 aromatic heterocycles. The molecule has 0 spiro atoms. The van der Waals surface area contributed by atoms with Crippen molar-refractivity contribution in [1.82, 2.24) is 15.0 Å². The van der Waals surface area contributed by atoms with Crippen molar-refractivity contribution in [2.75, 3.05) is 0 Å². The van der Waals surface area contributed by atoms with Gasteiger partial charge in [-0.25, -0.2) is 9.97 Å². The molecule has 0 radical (unpaired) electrons. The Labute approximate surface area is 80.2 Å². The van der Waals surface area contributed by atoms with Crippen LogP contribution in [-0.2, 0) is 0 Å². The number of halogens is 1. The quantitative estimate of drug-likeness (QED) is 0.707. The Morgan fingerprint density at radius 2 is 2.23 bits per heavy atom. The molecule has 0 aliphatic heterocycles. The van der Waals surface area contributed by atoms with Gasteiger partial charge in [-0.3, -0.25) is 0 Å². The van der Waals surface area contributed by atoms with Crippen LogP contribution in [0.15, 0.2) is 12.3 Å². The molecule has 0 aromatic carbocycles. The van der Waals surface area contributed by atoms with Crippen molar-refractivity contribution >= 4 is 22.6 Å². The molecule has 0 unspecified atom stereocenters. The molecule has 3 nitrogen and oxygen atoms in total. The Hall–Kier alpha value is -1.09. The molecule has 4 heteroatoms. The first-order valence-corrected chi connectivity index (χ1v) is 4.73. The number of hydrogen-bond donors (Lipinski definition) is 1. The zero-order valence-electron chi connectivity index (χ0n) is 6.92. The van der Waals surface area contributed by atoms with Gasteiger partial charge in [-0.15, -0.1) is 0 Å². The summed E-state index contributed by atoms with van der Waals surface area (Å²) < 4.78 is 0. The maximum absolute atomic E-state index is 6.00. The predicted molar refractivity (Wildman–Crippen MR) is 50.9 cm³/mol. The largest absolute Gasteiger partial charge is 0.346 e. The molecule has 2 heterocycles. The van der Waals surface area contributed by atoms with E-state index in [9.17, 15) is 0 Å². The highest BCUT2D eigenvalue weighted by Crippen LogP contribution is 2.39. The van der Waals surface area contributed by atoms with Gasteiger partial charge in [-0.1, -0.05) is 11.6 Å². The maximum Gasteiger partial charge on any atom is 0.142 e. The minimum absolute atomic E-state index is 0.546. The van der Waals surface area contributed by atoms with Crippen molar-refractivity contribution in [2.24, 2.45) is 0 Å². The lowest BCUT2D eigenvalue weighted by Gasteiger charge is -1.98. The molecular formula is C9H8ClN3. The fraction of sp³-hybridized carbons (Fsp3) is 0.333. The van der Waals surface area contributed by atoms with Crippen molar-refractivity contribution in [2.45, 2.75) is 18.8 Å². The second-order valence-corrected chi connectivity index (χ2v) is 3.74. The van der Waals surface area contributed by atoms with E-state index in [1.54, 1.807) is 0 Å². The summed E-state index contributed by atoms with van der Waals surface area (Å²) in [5.41, 5.74) is 0.849. The third kappa shape index (κ3) is 1.11. The molecule has 66 valence electrons. The summed E-state index contributed by atoms with van der Waals surface area (Å²) >= 11 is 6.00. The highest BCUT2D eigenvalue weighted by molar-refractivity contribution is 6.33. The summed E-state index contributed by atoms with van der Waals surface area (Å²) in [6.07, 6.45) is 4.23. The third-order valence-corrected chi connectivity index (χ3v) is 2.62. The summed E-state index contributed by atoms with van der Waals surface area (Å²) in [7, 11) is 0. The summed E-state index contributed by atoms with van der Waals surface area (Å²) in [6.45, 7) is 0.